The molecule has 2 heteroatoms. The fourth-order valence-corrected chi connectivity index (χ4v) is 1.08. The molecule has 12 heavy (non-hydrogen) atoms. The van der Waals surface area contributed by atoms with Crippen LogP contribution in [0.2, 0.25) is 0 Å². The van der Waals surface area contributed by atoms with E-state index in [-0.39, 0.29) is 0 Å². The molecule has 1 aromatic carbocycles. The number of nitrogens with zero attached hydrogens (tertiary/aromatic N) is 1. The average molecular weight is 267 g/mol. The number of halogens is 1. The maximum absolute atomic E-state index is 8.23. The fourth-order valence-electron chi connectivity index (χ4n) is 0.719. The van der Waals surface area contributed by atoms with Crippen LogP contribution in [0.5, 0.6) is 0 Å². The minimum absolute atomic E-state index is 0.298. The van der Waals surface area contributed by atoms with Gasteiger partial charge in [-0.25, -0.2) is 0 Å². The second-order valence-electron chi connectivity index (χ2n) is 2.14. The highest BCUT2D eigenvalue weighted by Gasteiger charge is 1.85. The van der Waals surface area contributed by atoms with Crippen LogP contribution < -0.4 is 0 Å². The molecule has 0 spiro atoms. The third kappa shape index (κ3) is 2.94. The molecule has 0 aliphatic rings. The van der Waals surface area contributed by atoms with Gasteiger partial charge in [0.25, 0.3) is 0 Å². The van der Waals surface area contributed by atoms with E-state index in [9.17, 15) is 0 Å². The van der Waals surface area contributed by atoms with E-state index in [2.05, 4.69) is 34.4 Å². The number of rotatable bonds is 0. The molecule has 1 aromatic rings. The monoisotopic (exact) mass is 267 g/mol. The van der Waals surface area contributed by atoms with E-state index in [4.69, 9.17) is 5.26 Å². The van der Waals surface area contributed by atoms with Gasteiger partial charge in [0.15, 0.2) is 0 Å². The number of nitriles is 1. The van der Waals surface area contributed by atoms with Gasteiger partial charge >= 0.3 is 0 Å². The molecule has 1 nitrogen and oxygen atoms in total. The summed E-state index contributed by atoms with van der Waals surface area (Å²) < 4.78 is 1.19. The Balaban J connectivity index is 2.74. The van der Waals surface area contributed by atoms with Crippen molar-refractivity contribution in [1.29, 1.82) is 5.26 Å². The lowest BCUT2D eigenvalue weighted by molar-refractivity contribution is 1.39. The maximum atomic E-state index is 8.23. The molecular formula is C10H6IN. The predicted molar refractivity (Wildman–Crippen MR) is 56.3 cm³/mol. The van der Waals surface area contributed by atoms with Gasteiger partial charge < -0.3 is 0 Å². The van der Waals surface area contributed by atoms with E-state index < -0.39 is 0 Å². The molecule has 58 valence electrons. The Hall–Kier alpha value is -1.000. The normalized spacial score (nSPS) is 8.00. The van der Waals surface area contributed by atoms with Crippen LogP contribution in [0, 0.1) is 26.7 Å². The van der Waals surface area contributed by atoms with Gasteiger partial charge in [0.05, 0.1) is 12.5 Å². The van der Waals surface area contributed by atoms with Gasteiger partial charge in [0.1, 0.15) is 0 Å². The standard InChI is InChI=1S/C10H6IN/c11-10-6-4-9(5-7-10)3-1-2-8-12/h4-7H,2H2. The highest BCUT2D eigenvalue weighted by molar-refractivity contribution is 14.1. The van der Waals surface area contributed by atoms with Crippen LogP contribution in [-0.4, -0.2) is 0 Å². The molecule has 0 unspecified atom stereocenters. The quantitative estimate of drug-likeness (QED) is 0.523. The maximum Gasteiger partial charge on any atom is 0.0966 e. The van der Waals surface area contributed by atoms with Crippen LogP contribution in [0.15, 0.2) is 24.3 Å². The summed E-state index contributed by atoms with van der Waals surface area (Å²) in [5, 5.41) is 8.23. The van der Waals surface area contributed by atoms with Crippen molar-refractivity contribution in [2.75, 3.05) is 0 Å². The lowest BCUT2D eigenvalue weighted by atomic mass is 10.2. The molecule has 0 aliphatic heterocycles. The van der Waals surface area contributed by atoms with Gasteiger partial charge in [0, 0.05) is 9.13 Å². The van der Waals surface area contributed by atoms with Gasteiger partial charge in [-0.05, 0) is 46.9 Å². The Labute approximate surface area is 85.5 Å². The van der Waals surface area contributed by atoms with Crippen molar-refractivity contribution < 1.29 is 0 Å². The second-order valence-corrected chi connectivity index (χ2v) is 3.39. The molecule has 0 radical (unpaired) electrons. The van der Waals surface area contributed by atoms with Crippen LogP contribution >= 0.6 is 22.6 Å². The SMILES string of the molecule is N#CCC#Cc1ccc(I)cc1. The number of hydrogen-bond donors (Lipinski definition) is 0. The Morgan fingerprint density at radius 1 is 1.25 bits per heavy atom. The molecule has 0 fully saturated rings. The van der Waals surface area contributed by atoms with Crippen molar-refractivity contribution >= 4 is 22.6 Å². The van der Waals surface area contributed by atoms with E-state index in [1.807, 2.05) is 30.3 Å². The summed E-state index contributed by atoms with van der Waals surface area (Å²) in [5.74, 6) is 5.65. The molecule has 0 amide bonds. The zero-order valence-electron chi connectivity index (χ0n) is 6.34. The molecule has 1 rings (SSSR count). The summed E-state index contributed by atoms with van der Waals surface area (Å²) in [6, 6.07) is 9.87. The summed E-state index contributed by atoms with van der Waals surface area (Å²) in [5.41, 5.74) is 0.964. The molecule has 0 atom stereocenters. The Morgan fingerprint density at radius 3 is 2.50 bits per heavy atom. The van der Waals surface area contributed by atoms with E-state index in [1.54, 1.807) is 0 Å². The fraction of sp³-hybridized carbons (Fsp3) is 0.100. The average Bonchev–Trinajstić information content (AvgIpc) is 2.09. The lowest BCUT2D eigenvalue weighted by Gasteiger charge is -1.89. The van der Waals surface area contributed by atoms with Gasteiger partial charge in [-0.3, -0.25) is 0 Å². The zero-order valence-corrected chi connectivity index (χ0v) is 8.50. The van der Waals surface area contributed by atoms with Gasteiger partial charge in [-0.1, -0.05) is 11.8 Å². The minimum atomic E-state index is 0.298. The van der Waals surface area contributed by atoms with Crippen molar-refractivity contribution in [2.24, 2.45) is 0 Å². The van der Waals surface area contributed by atoms with Crippen LogP contribution in [-0.2, 0) is 0 Å². The van der Waals surface area contributed by atoms with Crippen molar-refractivity contribution in [2.45, 2.75) is 6.42 Å². The summed E-state index contributed by atoms with van der Waals surface area (Å²) in [7, 11) is 0. The highest BCUT2D eigenvalue weighted by Crippen LogP contribution is 2.05. The second kappa shape index (κ2) is 4.79. The first-order chi connectivity index (χ1) is 5.83. The summed E-state index contributed by atoms with van der Waals surface area (Å²) in [6.45, 7) is 0. The van der Waals surface area contributed by atoms with Gasteiger partial charge in [-0.2, -0.15) is 5.26 Å². The van der Waals surface area contributed by atoms with E-state index >= 15 is 0 Å². The molecule has 0 saturated heterocycles. The van der Waals surface area contributed by atoms with Crippen LogP contribution in [0.1, 0.15) is 12.0 Å². The van der Waals surface area contributed by atoms with Crippen molar-refractivity contribution in [3.8, 4) is 17.9 Å². The van der Waals surface area contributed by atoms with Gasteiger partial charge in [0.2, 0.25) is 0 Å². The minimum Gasteiger partial charge on any atom is -0.197 e. The number of hydrogen-bond acceptors (Lipinski definition) is 1. The Bertz CT molecular complexity index is 348. The van der Waals surface area contributed by atoms with Crippen molar-refractivity contribution in [3.05, 3.63) is 33.4 Å². The van der Waals surface area contributed by atoms with E-state index in [0.29, 0.717) is 6.42 Å². The smallest absolute Gasteiger partial charge is 0.0966 e. The molecule has 0 aliphatic carbocycles. The summed E-state index contributed by atoms with van der Waals surface area (Å²) in [6.07, 6.45) is 0.298. The van der Waals surface area contributed by atoms with Crippen LogP contribution in [0.25, 0.3) is 0 Å². The molecule has 0 bridgehead atoms. The third-order valence-corrected chi connectivity index (χ3v) is 1.96. The lowest BCUT2D eigenvalue weighted by Crippen LogP contribution is -1.74. The van der Waals surface area contributed by atoms with Crippen LogP contribution in [0.4, 0.5) is 0 Å². The van der Waals surface area contributed by atoms with Crippen molar-refractivity contribution in [1.82, 2.24) is 0 Å². The Kier molecular flexibility index (Phi) is 3.63. The number of benzene rings is 1. The third-order valence-electron chi connectivity index (χ3n) is 1.24. The van der Waals surface area contributed by atoms with Crippen molar-refractivity contribution in [3.63, 3.8) is 0 Å². The Morgan fingerprint density at radius 2 is 1.92 bits per heavy atom. The van der Waals surface area contributed by atoms with Gasteiger partial charge in [-0.15, -0.1) is 0 Å². The first-order valence-corrected chi connectivity index (χ1v) is 4.52. The molecule has 0 saturated carbocycles. The largest absolute Gasteiger partial charge is 0.197 e. The molecule has 0 aromatic heterocycles. The predicted octanol–water partition coefficient (Wildman–Crippen LogP) is 2.56. The molecular weight excluding hydrogens is 261 g/mol. The zero-order chi connectivity index (χ0) is 8.81. The first-order valence-electron chi connectivity index (χ1n) is 3.44. The summed E-state index contributed by atoms with van der Waals surface area (Å²) >= 11 is 2.24. The van der Waals surface area contributed by atoms with E-state index in [0.717, 1.165) is 5.56 Å². The topological polar surface area (TPSA) is 23.8 Å². The molecule has 0 N–H and O–H groups in total. The first kappa shape index (κ1) is 9.09. The van der Waals surface area contributed by atoms with E-state index in [1.165, 1.54) is 3.57 Å². The summed E-state index contributed by atoms with van der Waals surface area (Å²) in [4.78, 5) is 0. The molecule has 0 heterocycles. The highest BCUT2D eigenvalue weighted by atomic mass is 127. The van der Waals surface area contributed by atoms with Crippen LogP contribution in [0.3, 0.4) is 0 Å².